The lowest BCUT2D eigenvalue weighted by Crippen LogP contribution is -2.40. The number of hydrogen-bond acceptors (Lipinski definition) is 4. The third-order valence-electron chi connectivity index (χ3n) is 2.55. The predicted octanol–water partition coefficient (Wildman–Crippen LogP) is 1.82. The molecule has 0 unspecified atom stereocenters. The summed E-state index contributed by atoms with van der Waals surface area (Å²) < 4.78 is 53.8. The van der Waals surface area contributed by atoms with E-state index in [-0.39, 0.29) is 17.5 Å². The number of ether oxygens (including phenoxy) is 1. The van der Waals surface area contributed by atoms with Gasteiger partial charge in [0.25, 0.3) is 0 Å². The molecule has 1 rings (SSSR count). The molecule has 6 nitrogen and oxygen atoms in total. The van der Waals surface area contributed by atoms with Crippen LogP contribution in [0.2, 0.25) is 0 Å². The molecule has 1 aromatic heterocycles. The summed E-state index contributed by atoms with van der Waals surface area (Å²) in [6.45, 7) is 1.21. The largest absolute Gasteiger partial charge is 0.471 e. The second kappa shape index (κ2) is 7.75. The second-order valence-corrected chi connectivity index (χ2v) is 4.65. The summed E-state index contributed by atoms with van der Waals surface area (Å²) in [7, 11) is 0. The molecule has 0 aliphatic carbocycles. The van der Waals surface area contributed by atoms with Gasteiger partial charge in [0.2, 0.25) is 17.7 Å². The molecule has 1 atom stereocenters. The lowest BCUT2D eigenvalue weighted by atomic mass is 10.3. The zero-order chi connectivity index (χ0) is 17.6. The van der Waals surface area contributed by atoms with Crippen LogP contribution < -0.4 is 15.4 Å². The first-order valence-electron chi connectivity index (χ1n) is 6.44. The maximum Gasteiger partial charge on any atom is 0.340 e. The highest BCUT2D eigenvalue weighted by atomic mass is 19.3. The minimum atomic E-state index is -4.28. The average molecular weight is 337 g/mol. The van der Waals surface area contributed by atoms with E-state index >= 15 is 0 Å². The SMILES string of the molecule is CC(=O)N[C@@H](C)C(=O)Nc1ccc(OCC(F)(F)C(F)F)nc1. The van der Waals surface area contributed by atoms with Crippen molar-refractivity contribution in [3.8, 4) is 5.88 Å². The van der Waals surface area contributed by atoms with Crippen molar-refractivity contribution in [2.45, 2.75) is 32.2 Å². The van der Waals surface area contributed by atoms with Crippen molar-refractivity contribution in [3.05, 3.63) is 18.3 Å². The van der Waals surface area contributed by atoms with Crippen LogP contribution >= 0.6 is 0 Å². The predicted molar refractivity (Wildman–Crippen MR) is 72.6 cm³/mol. The number of carbonyl (C=O) groups is 2. The first-order valence-corrected chi connectivity index (χ1v) is 6.44. The van der Waals surface area contributed by atoms with Gasteiger partial charge in [-0.3, -0.25) is 9.59 Å². The van der Waals surface area contributed by atoms with Gasteiger partial charge in [-0.05, 0) is 13.0 Å². The van der Waals surface area contributed by atoms with Crippen molar-refractivity contribution in [3.63, 3.8) is 0 Å². The lowest BCUT2D eigenvalue weighted by molar-refractivity contribution is -0.148. The first-order chi connectivity index (χ1) is 10.6. The molecule has 23 heavy (non-hydrogen) atoms. The number of rotatable bonds is 7. The number of halogens is 4. The Morgan fingerprint density at radius 1 is 1.35 bits per heavy atom. The molecule has 0 aliphatic rings. The molecule has 0 aromatic carbocycles. The average Bonchev–Trinajstić information content (AvgIpc) is 2.45. The minimum Gasteiger partial charge on any atom is -0.471 e. The molecule has 0 saturated carbocycles. The molecule has 128 valence electrons. The summed E-state index contributed by atoms with van der Waals surface area (Å²) in [6.07, 6.45) is -2.73. The Morgan fingerprint density at radius 2 is 2.00 bits per heavy atom. The van der Waals surface area contributed by atoms with E-state index in [4.69, 9.17) is 0 Å². The van der Waals surface area contributed by atoms with Crippen LogP contribution in [0, 0.1) is 0 Å². The van der Waals surface area contributed by atoms with Crippen LogP contribution in [0.1, 0.15) is 13.8 Å². The van der Waals surface area contributed by atoms with Gasteiger partial charge < -0.3 is 15.4 Å². The number of nitrogens with one attached hydrogen (secondary N) is 2. The van der Waals surface area contributed by atoms with Crippen molar-refractivity contribution >= 4 is 17.5 Å². The normalized spacial score (nSPS) is 12.7. The summed E-state index contributed by atoms with van der Waals surface area (Å²) >= 11 is 0. The van der Waals surface area contributed by atoms with Crippen molar-refractivity contribution in [1.82, 2.24) is 10.3 Å². The van der Waals surface area contributed by atoms with Crippen LogP contribution in [0.25, 0.3) is 0 Å². The van der Waals surface area contributed by atoms with Crippen LogP contribution in [0.3, 0.4) is 0 Å². The molecule has 0 aliphatic heterocycles. The molecule has 0 spiro atoms. The smallest absolute Gasteiger partial charge is 0.340 e. The van der Waals surface area contributed by atoms with Crippen LogP contribution in [-0.4, -0.2) is 41.8 Å². The molecular formula is C13H15F4N3O3. The highest BCUT2D eigenvalue weighted by Gasteiger charge is 2.41. The first kappa shape index (κ1) is 18.7. The Labute approximate surface area is 129 Å². The summed E-state index contributed by atoms with van der Waals surface area (Å²) in [6, 6.07) is 1.65. The summed E-state index contributed by atoms with van der Waals surface area (Å²) in [5.74, 6) is -5.46. The van der Waals surface area contributed by atoms with Crippen LogP contribution in [-0.2, 0) is 9.59 Å². The van der Waals surface area contributed by atoms with Crippen LogP contribution in [0.4, 0.5) is 23.2 Å². The van der Waals surface area contributed by atoms with Gasteiger partial charge in [0, 0.05) is 13.0 Å². The van der Waals surface area contributed by atoms with E-state index in [1.165, 1.54) is 19.9 Å². The van der Waals surface area contributed by atoms with Gasteiger partial charge in [0.05, 0.1) is 11.9 Å². The van der Waals surface area contributed by atoms with E-state index in [0.29, 0.717) is 0 Å². The van der Waals surface area contributed by atoms with Gasteiger partial charge in [-0.1, -0.05) is 0 Å². The standard InChI is InChI=1S/C13H15F4N3O3/c1-7(19-8(2)21)11(22)20-9-3-4-10(18-5-9)23-6-13(16,17)12(14)15/h3-5,7,12H,6H2,1-2H3,(H,19,21)(H,20,22)/t7-/m0/s1. The van der Waals surface area contributed by atoms with Crippen molar-refractivity contribution in [1.29, 1.82) is 0 Å². The van der Waals surface area contributed by atoms with Crippen molar-refractivity contribution < 1.29 is 31.9 Å². The van der Waals surface area contributed by atoms with E-state index < -0.39 is 30.9 Å². The Hall–Kier alpha value is -2.39. The van der Waals surface area contributed by atoms with Gasteiger partial charge in [0.15, 0.2) is 6.61 Å². The molecule has 1 aromatic rings. The number of hydrogen-bond donors (Lipinski definition) is 2. The molecule has 0 radical (unpaired) electrons. The Kier molecular flexibility index (Phi) is 6.28. The quantitative estimate of drug-likeness (QED) is 0.744. The van der Waals surface area contributed by atoms with Gasteiger partial charge in [-0.15, -0.1) is 0 Å². The number of nitrogens with zero attached hydrogens (tertiary/aromatic N) is 1. The fraction of sp³-hybridized carbons (Fsp3) is 0.462. The molecule has 2 amide bonds. The van der Waals surface area contributed by atoms with Gasteiger partial charge in [-0.2, -0.15) is 8.78 Å². The number of pyridine rings is 1. The summed E-state index contributed by atoms with van der Waals surface area (Å²) in [5.41, 5.74) is 0.222. The molecular weight excluding hydrogens is 322 g/mol. The van der Waals surface area contributed by atoms with Gasteiger partial charge >= 0.3 is 12.3 Å². The van der Waals surface area contributed by atoms with Crippen molar-refractivity contribution in [2.75, 3.05) is 11.9 Å². The maximum absolute atomic E-state index is 12.7. The fourth-order valence-corrected chi connectivity index (χ4v) is 1.39. The molecule has 1 heterocycles. The zero-order valence-corrected chi connectivity index (χ0v) is 12.3. The number of anilines is 1. The summed E-state index contributed by atoms with van der Waals surface area (Å²) in [5, 5.41) is 4.80. The highest BCUT2D eigenvalue weighted by Crippen LogP contribution is 2.24. The van der Waals surface area contributed by atoms with Gasteiger partial charge in [0.1, 0.15) is 6.04 Å². The Bertz CT molecular complexity index is 552. The maximum atomic E-state index is 12.7. The summed E-state index contributed by atoms with van der Waals surface area (Å²) in [4.78, 5) is 26.1. The Morgan fingerprint density at radius 3 is 2.48 bits per heavy atom. The highest BCUT2D eigenvalue weighted by molar-refractivity contribution is 5.96. The second-order valence-electron chi connectivity index (χ2n) is 4.65. The van der Waals surface area contributed by atoms with E-state index in [1.807, 2.05) is 0 Å². The third kappa shape index (κ3) is 6.09. The monoisotopic (exact) mass is 337 g/mol. The van der Waals surface area contributed by atoms with E-state index in [9.17, 15) is 27.2 Å². The third-order valence-corrected chi connectivity index (χ3v) is 2.55. The molecule has 10 heteroatoms. The zero-order valence-electron chi connectivity index (χ0n) is 12.3. The van der Waals surface area contributed by atoms with E-state index in [1.54, 1.807) is 0 Å². The van der Waals surface area contributed by atoms with Crippen LogP contribution in [0.5, 0.6) is 5.88 Å². The van der Waals surface area contributed by atoms with Crippen molar-refractivity contribution in [2.24, 2.45) is 0 Å². The molecule has 0 bridgehead atoms. The number of aromatic nitrogens is 1. The number of carbonyl (C=O) groups excluding carboxylic acids is 2. The lowest BCUT2D eigenvalue weighted by Gasteiger charge is -2.16. The number of alkyl halides is 4. The molecule has 0 saturated heterocycles. The fourth-order valence-electron chi connectivity index (χ4n) is 1.39. The Balaban J connectivity index is 2.57. The van der Waals surface area contributed by atoms with E-state index in [0.717, 1.165) is 12.3 Å². The van der Waals surface area contributed by atoms with Gasteiger partial charge in [-0.25, -0.2) is 13.8 Å². The van der Waals surface area contributed by atoms with Crippen LogP contribution in [0.15, 0.2) is 18.3 Å². The van der Waals surface area contributed by atoms with E-state index in [2.05, 4.69) is 20.4 Å². The minimum absolute atomic E-state index is 0.222. The topological polar surface area (TPSA) is 80.3 Å². The molecule has 0 fully saturated rings. The number of amides is 2. The molecule has 2 N–H and O–H groups in total.